The molecular weight excluding hydrogens is 292 g/mol. The van der Waals surface area contributed by atoms with Crippen molar-refractivity contribution >= 4 is 30.5 Å². The normalized spacial score (nSPS) is 17.1. The molecule has 1 aromatic heterocycles. The summed E-state index contributed by atoms with van der Waals surface area (Å²) in [5, 5.41) is 13.6. The van der Waals surface area contributed by atoms with Gasteiger partial charge in [-0.2, -0.15) is 4.39 Å². The van der Waals surface area contributed by atoms with E-state index in [9.17, 15) is 9.50 Å². The van der Waals surface area contributed by atoms with Crippen molar-refractivity contribution in [3.05, 3.63) is 23.8 Å². The molecule has 0 radical (unpaired) electrons. The van der Waals surface area contributed by atoms with Gasteiger partial charge in [-0.3, -0.25) is 0 Å². The minimum Gasteiger partial charge on any atom is -0.383 e. The second-order valence-corrected chi connectivity index (χ2v) is 4.68. The fraction of sp³-hybridized carbons (Fsp3) is 0.583. The van der Waals surface area contributed by atoms with Crippen molar-refractivity contribution in [2.75, 3.05) is 32.1 Å². The van der Waals surface area contributed by atoms with E-state index < -0.39 is 11.5 Å². The molecule has 1 saturated heterocycles. The van der Waals surface area contributed by atoms with Gasteiger partial charge in [0.15, 0.2) is 0 Å². The average Bonchev–Trinajstić information content (AvgIpc) is 2.29. The molecule has 2 heterocycles. The number of halogens is 3. The number of aromatic nitrogens is 1. The van der Waals surface area contributed by atoms with Crippen LogP contribution in [0.4, 0.5) is 10.1 Å². The Morgan fingerprint density at radius 1 is 1.26 bits per heavy atom. The van der Waals surface area contributed by atoms with Crippen molar-refractivity contribution in [3.63, 3.8) is 0 Å². The fourth-order valence-corrected chi connectivity index (χ4v) is 2.12. The minimum absolute atomic E-state index is 0. The van der Waals surface area contributed by atoms with Gasteiger partial charge in [-0.15, -0.1) is 24.8 Å². The van der Waals surface area contributed by atoms with Gasteiger partial charge < -0.3 is 15.3 Å². The quantitative estimate of drug-likeness (QED) is 0.816. The molecule has 0 atom stereocenters. The number of anilines is 1. The van der Waals surface area contributed by atoms with E-state index in [-0.39, 0.29) is 24.8 Å². The molecule has 0 amide bonds. The van der Waals surface area contributed by atoms with E-state index in [1.165, 1.54) is 0 Å². The highest BCUT2D eigenvalue weighted by Crippen LogP contribution is 2.30. The monoisotopic (exact) mass is 311 g/mol. The predicted molar refractivity (Wildman–Crippen MR) is 79.0 cm³/mol. The van der Waals surface area contributed by atoms with Gasteiger partial charge in [0.05, 0.1) is 11.4 Å². The van der Waals surface area contributed by atoms with Crippen molar-refractivity contribution in [1.82, 2.24) is 10.3 Å². The lowest BCUT2D eigenvalue weighted by Gasteiger charge is -2.32. The molecule has 0 unspecified atom stereocenters. The summed E-state index contributed by atoms with van der Waals surface area (Å²) in [6, 6.07) is 3.38. The maximum atomic E-state index is 13.7. The van der Waals surface area contributed by atoms with Crippen LogP contribution in [-0.4, -0.2) is 37.3 Å². The molecule has 0 bridgehead atoms. The zero-order valence-electron chi connectivity index (χ0n) is 11.0. The number of hydrogen-bond acceptors (Lipinski definition) is 4. The lowest BCUT2D eigenvalue weighted by Crippen LogP contribution is -2.40. The van der Waals surface area contributed by atoms with E-state index in [2.05, 4.69) is 10.3 Å². The highest BCUT2D eigenvalue weighted by Gasteiger charge is 2.33. The Kier molecular flexibility index (Phi) is 7.00. The summed E-state index contributed by atoms with van der Waals surface area (Å²) in [4.78, 5) is 5.57. The Hall–Kier alpha value is -0.620. The summed E-state index contributed by atoms with van der Waals surface area (Å²) in [5.74, 6) is -0.528. The van der Waals surface area contributed by atoms with Gasteiger partial charge in [0, 0.05) is 14.1 Å². The molecule has 1 aliphatic rings. The number of hydrogen-bond donors (Lipinski definition) is 2. The molecule has 4 nitrogen and oxygen atoms in total. The van der Waals surface area contributed by atoms with Gasteiger partial charge in [-0.25, -0.2) is 4.98 Å². The second-order valence-electron chi connectivity index (χ2n) is 4.68. The van der Waals surface area contributed by atoms with Crippen LogP contribution in [0.2, 0.25) is 0 Å². The standard InChI is InChI=1S/C12H18FN3O.2ClH/c1-16(2)9-3-4-10(15-11(9)13)12(17)5-7-14-8-6-12;;/h3-4,14,17H,5-8H2,1-2H3;2*1H. The van der Waals surface area contributed by atoms with Crippen LogP contribution in [0.5, 0.6) is 0 Å². The lowest BCUT2D eigenvalue weighted by atomic mass is 9.88. The average molecular weight is 312 g/mol. The second kappa shape index (κ2) is 7.24. The molecular formula is C12H20Cl2FN3O. The lowest BCUT2D eigenvalue weighted by molar-refractivity contribution is 0.00123. The highest BCUT2D eigenvalue weighted by atomic mass is 35.5. The number of nitrogens with one attached hydrogen (secondary N) is 1. The summed E-state index contributed by atoms with van der Waals surface area (Å²) < 4.78 is 13.7. The first kappa shape index (κ1) is 18.4. The van der Waals surface area contributed by atoms with E-state index in [0.29, 0.717) is 24.2 Å². The molecule has 0 saturated carbocycles. The van der Waals surface area contributed by atoms with Crippen molar-refractivity contribution in [2.45, 2.75) is 18.4 Å². The van der Waals surface area contributed by atoms with Gasteiger partial charge in [0.2, 0.25) is 5.95 Å². The highest BCUT2D eigenvalue weighted by molar-refractivity contribution is 5.85. The van der Waals surface area contributed by atoms with Crippen molar-refractivity contribution < 1.29 is 9.50 Å². The van der Waals surface area contributed by atoms with Crippen LogP contribution < -0.4 is 10.2 Å². The summed E-state index contributed by atoms with van der Waals surface area (Å²) in [6.45, 7) is 1.46. The molecule has 2 N–H and O–H groups in total. The zero-order valence-corrected chi connectivity index (χ0v) is 12.7. The molecule has 1 aliphatic heterocycles. The smallest absolute Gasteiger partial charge is 0.236 e. The number of piperidine rings is 1. The number of pyridine rings is 1. The van der Waals surface area contributed by atoms with Gasteiger partial charge in [-0.05, 0) is 38.1 Å². The Bertz CT molecular complexity index is 412. The van der Waals surface area contributed by atoms with Crippen LogP contribution in [0, 0.1) is 5.95 Å². The summed E-state index contributed by atoms with van der Waals surface area (Å²) in [7, 11) is 3.53. The molecule has 0 aliphatic carbocycles. The Balaban J connectivity index is 0.00000162. The van der Waals surface area contributed by atoms with Crippen LogP contribution in [0.1, 0.15) is 18.5 Å². The predicted octanol–water partition coefficient (Wildman–Crippen LogP) is 1.70. The summed E-state index contributed by atoms with van der Waals surface area (Å²) >= 11 is 0. The maximum Gasteiger partial charge on any atom is 0.236 e. The molecule has 0 spiro atoms. The third-order valence-corrected chi connectivity index (χ3v) is 3.22. The van der Waals surface area contributed by atoms with E-state index in [1.54, 1.807) is 31.1 Å². The Labute approximate surface area is 125 Å². The molecule has 7 heteroatoms. The molecule has 19 heavy (non-hydrogen) atoms. The Morgan fingerprint density at radius 3 is 2.32 bits per heavy atom. The topological polar surface area (TPSA) is 48.4 Å². The molecule has 1 fully saturated rings. The third kappa shape index (κ3) is 3.92. The van der Waals surface area contributed by atoms with E-state index in [0.717, 1.165) is 13.1 Å². The van der Waals surface area contributed by atoms with Crippen molar-refractivity contribution in [3.8, 4) is 0 Å². The molecule has 110 valence electrons. The molecule has 1 aromatic rings. The van der Waals surface area contributed by atoms with E-state index in [1.807, 2.05) is 0 Å². The summed E-state index contributed by atoms with van der Waals surface area (Å²) in [6.07, 6.45) is 1.14. The van der Waals surface area contributed by atoms with Crippen molar-refractivity contribution in [2.24, 2.45) is 0 Å². The van der Waals surface area contributed by atoms with E-state index in [4.69, 9.17) is 0 Å². The first-order valence-electron chi connectivity index (χ1n) is 5.80. The van der Waals surface area contributed by atoms with Gasteiger partial charge in [0.1, 0.15) is 5.60 Å². The fourth-order valence-electron chi connectivity index (χ4n) is 2.12. The van der Waals surface area contributed by atoms with Crippen molar-refractivity contribution in [1.29, 1.82) is 0 Å². The van der Waals surface area contributed by atoms with Crippen LogP contribution in [0.3, 0.4) is 0 Å². The molecule has 2 rings (SSSR count). The zero-order chi connectivity index (χ0) is 12.5. The first-order chi connectivity index (χ1) is 8.03. The molecule has 0 aromatic carbocycles. The van der Waals surface area contributed by atoms with Crippen LogP contribution in [0.15, 0.2) is 12.1 Å². The van der Waals surface area contributed by atoms with E-state index >= 15 is 0 Å². The van der Waals surface area contributed by atoms with Crippen LogP contribution in [-0.2, 0) is 5.60 Å². The number of aliphatic hydroxyl groups is 1. The SMILES string of the molecule is CN(C)c1ccc(C2(O)CCNCC2)nc1F.Cl.Cl. The first-order valence-corrected chi connectivity index (χ1v) is 5.80. The Morgan fingerprint density at radius 2 is 1.84 bits per heavy atom. The number of nitrogens with zero attached hydrogens (tertiary/aromatic N) is 2. The number of rotatable bonds is 2. The maximum absolute atomic E-state index is 13.7. The summed E-state index contributed by atoms with van der Waals surface area (Å²) in [5.41, 5.74) is -0.120. The largest absolute Gasteiger partial charge is 0.383 e. The van der Waals surface area contributed by atoms with Crippen LogP contribution in [0.25, 0.3) is 0 Å². The van der Waals surface area contributed by atoms with Gasteiger partial charge >= 0.3 is 0 Å². The van der Waals surface area contributed by atoms with Crippen LogP contribution >= 0.6 is 24.8 Å². The van der Waals surface area contributed by atoms with Gasteiger partial charge in [-0.1, -0.05) is 0 Å². The van der Waals surface area contributed by atoms with Gasteiger partial charge in [0.25, 0.3) is 0 Å². The minimum atomic E-state index is -0.989. The third-order valence-electron chi connectivity index (χ3n) is 3.22.